The van der Waals surface area contributed by atoms with Gasteiger partial charge in [0.15, 0.2) is 11.6 Å². The summed E-state index contributed by atoms with van der Waals surface area (Å²) in [6.45, 7) is 0. The normalized spacial score (nSPS) is 10.1. The number of nitrogens with one attached hydrogen (secondary N) is 1. The van der Waals surface area contributed by atoms with Gasteiger partial charge in [-0.25, -0.2) is 4.39 Å². The largest absolute Gasteiger partial charge is 0.494 e. The molecule has 6 heteroatoms. The minimum Gasteiger partial charge on any atom is -0.494 e. The number of methoxy groups -OCH3 is 1. The summed E-state index contributed by atoms with van der Waals surface area (Å²) < 4.78 is 18.3. The van der Waals surface area contributed by atoms with Gasteiger partial charge in [0.1, 0.15) is 0 Å². The van der Waals surface area contributed by atoms with Crippen molar-refractivity contribution >= 4 is 23.0 Å². The Morgan fingerprint density at radius 3 is 2.35 bits per heavy atom. The van der Waals surface area contributed by atoms with Crippen LogP contribution in [0.3, 0.4) is 0 Å². The highest BCUT2D eigenvalue weighted by molar-refractivity contribution is 6.05. The first-order valence-corrected chi connectivity index (χ1v) is 5.80. The summed E-state index contributed by atoms with van der Waals surface area (Å²) in [6, 6.07) is 8.67. The van der Waals surface area contributed by atoms with Crippen molar-refractivity contribution in [3.63, 3.8) is 0 Å². The number of nitrogen functional groups attached to an aromatic ring is 2. The van der Waals surface area contributed by atoms with Crippen molar-refractivity contribution in [1.82, 2.24) is 0 Å². The van der Waals surface area contributed by atoms with E-state index in [9.17, 15) is 9.18 Å². The van der Waals surface area contributed by atoms with Crippen molar-refractivity contribution in [1.29, 1.82) is 0 Å². The second kappa shape index (κ2) is 5.48. The summed E-state index contributed by atoms with van der Waals surface area (Å²) in [7, 11) is 1.37. The van der Waals surface area contributed by atoms with E-state index in [1.807, 2.05) is 0 Å². The highest BCUT2D eigenvalue weighted by atomic mass is 19.1. The predicted octanol–water partition coefficient (Wildman–Crippen LogP) is 2.25. The molecule has 2 aromatic carbocycles. The van der Waals surface area contributed by atoms with Crippen molar-refractivity contribution in [2.24, 2.45) is 0 Å². The lowest BCUT2D eigenvalue weighted by atomic mass is 10.1. The lowest BCUT2D eigenvalue weighted by Gasteiger charge is -2.08. The summed E-state index contributed by atoms with van der Waals surface area (Å²) in [6.07, 6.45) is 0. The first-order chi connectivity index (χ1) is 9.49. The van der Waals surface area contributed by atoms with Crippen LogP contribution >= 0.6 is 0 Å². The second-order valence-corrected chi connectivity index (χ2v) is 4.19. The predicted molar refractivity (Wildman–Crippen MR) is 76.2 cm³/mol. The number of benzene rings is 2. The Hall–Kier alpha value is -2.76. The van der Waals surface area contributed by atoms with Gasteiger partial charge < -0.3 is 21.5 Å². The Balaban J connectivity index is 2.21. The quantitative estimate of drug-likeness (QED) is 0.749. The van der Waals surface area contributed by atoms with E-state index in [2.05, 4.69) is 5.32 Å². The van der Waals surface area contributed by atoms with Crippen molar-refractivity contribution in [3.8, 4) is 5.75 Å². The van der Waals surface area contributed by atoms with Crippen LogP contribution in [-0.4, -0.2) is 13.0 Å². The molecule has 0 aromatic heterocycles. The third-order valence-electron chi connectivity index (χ3n) is 2.65. The molecule has 0 heterocycles. The first-order valence-electron chi connectivity index (χ1n) is 5.80. The zero-order valence-electron chi connectivity index (χ0n) is 10.8. The molecule has 0 saturated heterocycles. The number of nitrogens with two attached hydrogens (primary N) is 2. The van der Waals surface area contributed by atoms with Gasteiger partial charge in [0.25, 0.3) is 5.91 Å². The van der Waals surface area contributed by atoms with Crippen LogP contribution in [0, 0.1) is 5.82 Å². The van der Waals surface area contributed by atoms with Crippen LogP contribution < -0.4 is 21.5 Å². The van der Waals surface area contributed by atoms with Gasteiger partial charge >= 0.3 is 0 Å². The second-order valence-electron chi connectivity index (χ2n) is 4.19. The minimum atomic E-state index is -0.558. The molecule has 0 radical (unpaired) electrons. The summed E-state index contributed by atoms with van der Waals surface area (Å²) in [5.41, 5.74) is 12.6. The Kier molecular flexibility index (Phi) is 3.74. The molecule has 1 amide bonds. The Morgan fingerprint density at radius 1 is 1.15 bits per heavy atom. The van der Waals surface area contributed by atoms with Crippen molar-refractivity contribution in [3.05, 3.63) is 47.8 Å². The molecule has 0 atom stereocenters. The van der Waals surface area contributed by atoms with E-state index in [1.165, 1.54) is 37.4 Å². The molecule has 2 rings (SSSR count). The van der Waals surface area contributed by atoms with Crippen LogP contribution in [0.1, 0.15) is 10.4 Å². The number of hydrogen-bond donors (Lipinski definition) is 3. The van der Waals surface area contributed by atoms with Crippen LogP contribution in [0.4, 0.5) is 21.5 Å². The molecule has 5 nitrogen and oxygen atoms in total. The first kappa shape index (κ1) is 13.7. The van der Waals surface area contributed by atoms with Gasteiger partial charge in [-0.05, 0) is 30.3 Å². The fourth-order valence-corrected chi connectivity index (χ4v) is 1.76. The summed E-state index contributed by atoms with van der Waals surface area (Å²) in [5, 5.41) is 2.56. The third-order valence-corrected chi connectivity index (χ3v) is 2.65. The molecular formula is C14H14FN3O2. The highest BCUT2D eigenvalue weighted by Gasteiger charge is 2.10. The lowest BCUT2D eigenvalue weighted by Crippen LogP contribution is -2.13. The molecule has 5 N–H and O–H groups in total. The Labute approximate surface area is 115 Å². The van der Waals surface area contributed by atoms with E-state index in [-0.39, 0.29) is 5.75 Å². The monoisotopic (exact) mass is 275 g/mol. The molecule has 104 valence electrons. The van der Waals surface area contributed by atoms with Gasteiger partial charge in [0.2, 0.25) is 0 Å². The van der Waals surface area contributed by atoms with Crippen molar-refractivity contribution in [2.75, 3.05) is 23.9 Å². The van der Waals surface area contributed by atoms with Gasteiger partial charge in [-0.2, -0.15) is 0 Å². The zero-order valence-corrected chi connectivity index (χ0v) is 10.8. The van der Waals surface area contributed by atoms with Gasteiger partial charge in [-0.15, -0.1) is 0 Å². The number of hydrogen-bond acceptors (Lipinski definition) is 4. The Morgan fingerprint density at radius 2 is 1.80 bits per heavy atom. The molecular weight excluding hydrogens is 261 g/mol. The van der Waals surface area contributed by atoms with Crippen molar-refractivity contribution in [2.45, 2.75) is 0 Å². The Bertz CT molecular complexity index is 639. The van der Waals surface area contributed by atoms with Gasteiger partial charge in [-0.1, -0.05) is 0 Å². The van der Waals surface area contributed by atoms with Gasteiger partial charge in [0.05, 0.1) is 7.11 Å². The molecule has 0 aliphatic carbocycles. The number of ether oxygens (including phenoxy) is 1. The number of halogens is 1. The van der Waals surface area contributed by atoms with Gasteiger partial charge in [-0.3, -0.25) is 4.79 Å². The zero-order chi connectivity index (χ0) is 14.7. The maximum Gasteiger partial charge on any atom is 0.255 e. The van der Waals surface area contributed by atoms with E-state index in [0.29, 0.717) is 22.6 Å². The average Bonchev–Trinajstić information content (AvgIpc) is 2.37. The maximum absolute atomic E-state index is 13.5. The fourth-order valence-electron chi connectivity index (χ4n) is 1.76. The molecule has 0 fully saturated rings. The van der Waals surface area contributed by atoms with E-state index in [1.54, 1.807) is 6.07 Å². The van der Waals surface area contributed by atoms with Gasteiger partial charge in [0, 0.05) is 28.7 Å². The van der Waals surface area contributed by atoms with Crippen molar-refractivity contribution < 1.29 is 13.9 Å². The standard InChI is InChI=1S/C14H14FN3O2/c1-20-13-3-2-11(7-12(13)15)18-14(19)8-4-9(16)6-10(17)5-8/h2-7H,16-17H2,1H3,(H,18,19). The van der Waals surface area contributed by atoms with Crippen LogP contribution in [0.2, 0.25) is 0 Å². The van der Waals surface area contributed by atoms with Crippen LogP contribution in [-0.2, 0) is 0 Å². The summed E-state index contributed by atoms with van der Waals surface area (Å²) in [4.78, 5) is 12.0. The number of rotatable bonds is 3. The number of carbonyl (C=O) groups is 1. The SMILES string of the molecule is COc1ccc(NC(=O)c2cc(N)cc(N)c2)cc1F. The molecule has 0 aliphatic rings. The smallest absolute Gasteiger partial charge is 0.255 e. The van der Waals surface area contributed by atoms with Crippen LogP contribution in [0.25, 0.3) is 0 Å². The minimum absolute atomic E-state index is 0.108. The average molecular weight is 275 g/mol. The van der Waals surface area contributed by atoms with Crippen LogP contribution in [0.15, 0.2) is 36.4 Å². The number of anilines is 3. The molecule has 0 aliphatic heterocycles. The summed E-state index contributed by atoms with van der Waals surface area (Å²) >= 11 is 0. The van der Waals surface area contributed by atoms with E-state index >= 15 is 0 Å². The molecule has 0 spiro atoms. The molecule has 2 aromatic rings. The topological polar surface area (TPSA) is 90.4 Å². The number of amides is 1. The van der Waals surface area contributed by atoms with E-state index in [0.717, 1.165) is 0 Å². The van der Waals surface area contributed by atoms with Crippen LogP contribution in [0.5, 0.6) is 5.75 Å². The highest BCUT2D eigenvalue weighted by Crippen LogP contribution is 2.21. The molecule has 0 bridgehead atoms. The number of carbonyl (C=O) groups excluding carboxylic acids is 1. The molecule has 0 saturated carbocycles. The third kappa shape index (κ3) is 2.97. The molecule has 0 unspecified atom stereocenters. The van der Waals surface area contributed by atoms with E-state index in [4.69, 9.17) is 16.2 Å². The summed E-state index contributed by atoms with van der Waals surface area (Å²) in [5.74, 6) is -0.873. The fraction of sp³-hybridized carbons (Fsp3) is 0.0714. The van der Waals surface area contributed by atoms with E-state index < -0.39 is 11.7 Å². The maximum atomic E-state index is 13.5. The lowest BCUT2D eigenvalue weighted by molar-refractivity contribution is 0.102. The molecule has 20 heavy (non-hydrogen) atoms.